The predicted molar refractivity (Wildman–Crippen MR) is 145 cm³/mol. The number of rotatable bonds is 3. The first kappa shape index (κ1) is 20.4. The fourth-order valence-electron chi connectivity index (χ4n) is 5.03. The zero-order valence-electron chi connectivity index (χ0n) is 19.3. The Morgan fingerprint density at radius 1 is 0.611 bits per heavy atom. The topological polar surface area (TPSA) is 48.0 Å². The maximum atomic E-state index is 13.9. The number of hydrogen-bond donors (Lipinski definition) is 0. The van der Waals surface area contributed by atoms with Gasteiger partial charge in [-0.05, 0) is 35.2 Å². The van der Waals surface area contributed by atoms with Crippen LogP contribution in [0, 0.1) is 0 Å². The molecule has 0 atom stereocenters. The molecule has 0 amide bonds. The van der Waals surface area contributed by atoms with Crippen molar-refractivity contribution < 1.29 is 4.42 Å². The molecule has 2 aliphatic rings. The Hall–Kier alpha value is -4.96. The average molecular weight is 465 g/mol. The van der Waals surface area contributed by atoms with Gasteiger partial charge in [0.05, 0.1) is 16.9 Å². The largest absolute Gasteiger partial charge is 0.438 e. The summed E-state index contributed by atoms with van der Waals surface area (Å²) >= 11 is 0. The van der Waals surface area contributed by atoms with E-state index in [0.717, 1.165) is 44.4 Å². The number of fused-ring (bicyclic) bond motifs is 3. The van der Waals surface area contributed by atoms with Gasteiger partial charge in [-0.25, -0.2) is 4.98 Å². The molecule has 0 bridgehead atoms. The molecule has 4 heteroatoms. The van der Waals surface area contributed by atoms with E-state index in [0.29, 0.717) is 16.9 Å². The van der Waals surface area contributed by atoms with Crippen molar-refractivity contribution >= 4 is 21.7 Å². The molecule has 3 heterocycles. The highest BCUT2D eigenvalue weighted by atomic mass is 16.3. The lowest BCUT2D eigenvalue weighted by molar-refractivity contribution is 0.602. The minimum Gasteiger partial charge on any atom is -0.438 e. The smallest absolute Gasteiger partial charge is 0.262 e. The molecular formula is C32H20N2O2. The first-order valence-electron chi connectivity index (χ1n) is 11.9. The van der Waals surface area contributed by atoms with Crippen LogP contribution >= 0.6 is 0 Å². The highest BCUT2D eigenvalue weighted by Gasteiger charge is 2.29. The number of benzene rings is 4. The number of pyridine rings is 1. The number of para-hydroxylation sites is 1. The Kier molecular flexibility index (Phi) is 4.57. The maximum absolute atomic E-state index is 13.9. The SMILES string of the molecule is O=c1c2ccccc2ccn1-c1c2c(-c3ccccc3)c(-c3ccccc3)nc-2oc2ccccc12. The van der Waals surface area contributed by atoms with Crippen molar-refractivity contribution in [3.8, 4) is 39.5 Å². The van der Waals surface area contributed by atoms with Crippen LogP contribution in [-0.2, 0) is 0 Å². The Bertz CT molecular complexity index is 1900. The molecule has 36 heavy (non-hydrogen) atoms. The van der Waals surface area contributed by atoms with Crippen LogP contribution in [0.15, 0.2) is 131 Å². The van der Waals surface area contributed by atoms with Gasteiger partial charge in [-0.15, -0.1) is 0 Å². The van der Waals surface area contributed by atoms with Gasteiger partial charge in [-0.2, -0.15) is 0 Å². The van der Waals surface area contributed by atoms with Gasteiger partial charge in [-0.1, -0.05) is 91.0 Å². The van der Waals surface area contributed by atoms with E-state index in [9.17, 15) is 4.79 Å². The van der Waals surface area contributed by atoms with Crippen molar-refractivity contribution in [3.05, 3.63) is 132 Å². The maximum Gasteiger partial charge on any atom is 0.262 e. The van der Waals surface area contributed by atoms with E-state index >= 15 is 0 Å². The van der Waals surface area contributed by atoms with E-state index in [1.165, 1.54) is 0 Å². The van der Waals surface area contributed by atoms with Gasteiger partial charge in [0.25, 0.3) is 5.56 Å². The third-order valence-electron chi connectivity index (χ3n) is 6.66. The standard InChI is InChI=1S/C32H20N2O2/c35-32-24-16-8-7-11-21(24)19-20-34(32)30-25-17-9-10-18-26(25)36-31-28(30)27(22-12-3-1-4-13-22)29(33-31)23-14-5-2-6-15-23/h1-20H. The van der Waals surface area contributed by atoms with Gasteiger partial charge in [0.2, 0.25) is 5.89 Å². The van der Waals surface area contributed by atoms with Crippen molar-refractivity contribution in [1.29, 1.82) is 0 Å². The van der Waals surface area contributed by atoms with Crippen LogP contribution < -0.4 is 5.56 Å². The second kappa shape index (κ2) is 8.07. The molecule has 2 aliphatic heterocycles. The zero-order chi connectivity index (χ0) is 24.1. The van der Waals surface area contributed by atoms with Crippen LogP contribution in [0.3, 0.4) is 0 Å². The number of nitrogens with zero attached hydrogens (tertiary/aromatic N) is 2. The van der Waals surface area contributed by atoms with Crippen LogP contribution in [0.5, 0.6) is 0 Å². The van der Waals surface area contributed by atoms with E-state index in [2.05, 4.69) is 24.3 Å². The Morgan fingerprint density at radius 2 is 1.25 bits per heavy atom. The van der Waals surface area contributed by atoms with Gasteiger partial charge >= 0.3 is 0 Å². The summed E-state index contributed by atoms with van der Waals surface area (Å²) in [4.78, 5) is 18.9. The average Bonchev–Trinajstić information content (AvgIpc) is 3.32. The molecule has 0 fully saturated rings. The Balaban J connectivity index is 1.69. The van der Waals surface area contributed by atoms with E-state index in [1.54, 1.807) is 4.57 Å². The molecule has 0 aliphatic carbocycles. The van der Waals surface area contributed by atoms with Gasteiger partial charge < -0.3 is 4.42 Å². The fraction of sp³-hybridized carbons (Fsp3) is 0. The molecule has 7 rings (SSSR count). The minimum absolute atomic E-state index is 0.0766. The summed E-state index contributed by atoms with van der Waals surface area (Å²) in [6.45, 7) is 0. The highest BCUT2D eigenvalue weighted by Crippen LogP contribution is 2.47. The summed E-state index contributed by atoms with van der Waals surface area (Å²) in [5, 5.41) is 2.43. The summed E-state index contributed by atoms with van der Waals surface area (Å²) in [6.07, 6.45) is 1.86. The van der Waals surface area contributed by atoms with E-state index in [1.807, 2.05) is 97.2 Å². The zero-order valence-corrected chi connectivity index (χ0v) is 19.3. The fourth-order valence-corrected chi connectivity index (χ4v) is 5.03. The molecule has 0 saturated heterocycles. The number of aromatic nitrogens is 2. The van der Waals surface area contributed by atoms with Crippen molar-refractivity contribution in [1.82, 2.24) is 9.55 Å². The molecule has 1 aromatic heterocycles. The van der Waals surface area contributed by atoms with Gasteiger partial charge in [0.1, 0.15) is 5.58 Å². The molecule has 4 aromatic carbocycles. The molecule has 0 radical (unpaired) electrons. The second-order valence-electron chi connectivity index (χ2n) is 8.77. The first-order chi connectivity index (χ1) is 17.8. The molecule has 0 saturated carbocycles. The summed E-state index contributed by atoms with van der Waals surface area (Å²) in [6, 6.07) is 37.8. The third-order valence-corrected chi connectivity index (χ3v) is 6.66. The van der Waals surface area contributed by atoms with Crippen molar-refractivity contribution in [2.24, 2.45) is 0 Å². The molecule has 5 aromatic rings. The molecule has 0 unspecified atom stereocenters. The first-order valence-corrected chi connectivity index (χ1v) is 11.9. The molecular weight excluding hydrogens is 444 g/mol. The number of hydrogen-bond acceptors (Lipinski definition) is 3. The highest BCUT2D eigenvalue weighted by molar-refractivity contribution is 6.04. The molecule has 0 N–H and O–H groups in total. The lowest BCUT2D eigenvalue weighted by Crippen LogP contribution is -2.18. The van der Waals surface area contributed by atoms with Crippen molar-refractivity contribution in [2.45, 2.75) is 0 Å². The normalized spacial score (nSPS) is 11.4. The van der Waals surface area contributed by atoms with Crippen LogP contribution in [0.1, 0.15) is 0 Å². The van der Waals surface area contributed by atoms with Gasteiger partial charge in [0, 0.05) is 28.1 Å². The summed E-state index contributed by atoms with van der Waals surface area (Å²) in [5.74, 6) is 0.501. The summed E-state index contributed by atoms with van der Waals surface area (Å²) in [5.41, 5.74) is 5.96. The van der Waals surface area contributed by atoms with Crippen LogP contribution in [-0.4, -0.2) is 9.55 Å². The van der Waals surface area contributed by atoms with E-state index in [4.69, 9.17) is 9.40 Å². The summed E-state index contributed by atoms with van der Waals surface area (Å²) in [7, 11) is 0. The van der Waals surface area contributed by atoms with Crippen LogP contribution in [0.25, 0.3) is 61.3 Å². The van der Waals surface area contributed by atoms with Crippen LogP contribution in [0.4, 0.5) is 0 Å². The Morgan fingerprint density at radius 3 is 2.03 bits per heavy atom. The summed E-state index contributed by atoms with van der Waals surface area (Å²) < 4.78 is 8.11. The Labute approximate surface area is 207 Å². The predicted octanol–water partition coefficient (Wildman–Crippen LogP) is 7.57. The van der Waals surface area contributed by atoms with Gasteiger partial charge in [-0.3, -0.25) is 9.36 Å². The second-order valence-corrected chi connectivity index (χ2v) is 8.77. The molecule has 0 spiro atoms. The lowest BCUT2D eigenvalue weighted by atomic mass is 9.95. The monoisotopic (exact) mass is 464 g/mol. The lowest BCUT2D eigenvalue weighted by Gasteiger charge is -2.16. The van der Waals surface area contributed by atoms with Crippen molar-refractivity contribution in [2.75, 3.05) is 0 Å². The van der Waals surface area contributed by atoms with E-state index < -0.39 is 0 Å². The molecule has 170 valence electrons. The van der Waals surface area contributed by atoms with Crippen LogP contribution in [0.2, 0.25) is 0 Å². The molecule has 4 nitrogen and oxygen atoms in total. The minimum atomic E-state index is -0.0766. The quantitative estimate of drug-likeness (QED) is 0.271. The van der Waals surface area contributed by atoms with Crippen molar-refractivity contribution in [3.63, 3.8) is 0 Å². The third kappa shape index (κ3) is 3.08. The van der Waals surface area contributed by atoms with E-state index in [-0.39, 0.29) is 5.56 Å². The van der Waals surface area contributed by atoms with Gasteiger partial charge in [0.15, 0.2) is 0 Å².